The molecule has 0 spiro atoms. The molecule has 6 nitrogen and oxygen atoms in total. The molecule has 19 heavy (non-hydrogen) atoms. The zero-order valence-electron chi connectivity index (χ0n) is 10.3. The van der Waals surface area contributed by atoms with E-state index in [9.17, 15) is 8.42 Å². The van der Waals surface area contributed by atoms with Gasteiger partial charge in [0.25, 0.3) is 0 Å². The van der Waals surface area contributed by atoms with Crippen molar-refractivity contribution in [2.75, 3.05) is 17.9 Å². The Morgan fingerprint density at radius 3 is 2.74 bits per heavy atom. The van der Waals surface area contributed by atoms with Crippen LogP contribution in [-0.4, -0.2) is 36.8 Å². The third-order valence-electron chi connectivity index (χ3n) is 3.24. The Kier molecular flexibility index (Phi) is 3.16. The van der Waals surface area contributed by atoms with E-state index >= 15 is 0 Å². The summed E-state index contributed by atoms with van der Waals surface area (Å²) in [4.78, 5) is 7.17. The zero-order valence-corrected chi connectivity index (χ0v) is 11.1. The number of aromatic nitrogens is 2. The van der Waals surface area contributed by atoms with Crippen LogP contribution in [0, 0.1) is 0 Å². The molecule has 0 unspecified atom stereocenters. The lowest BCUT2D eigenvalue weighted by Crippen LogP contribution is -2.33. The average molecular weight is 281 g/mol. The second-order valence-corrected chi connectivity index (χ2v) is 6.52. The lowest BCUT2D eigenvalue weighted by Gasteiger charge is -2.21. The third kappa shape index (κ3) is 2.57. The fourth-order valence-electron chi connectivity index (χ4n) is 2.21. The first-order valence-corrected chi connectivity index (χ1v) is 7.74. The molecule has 0 radical (unpaired) electrons. The molecule has 0 amide bonds. The van der Waals surface area contributed by atoms with Crippen LogP contribution in [0.3, 0.4) is 0 Å². The van der Waals surface area contributed by atoms with Gasteiger partial charge in [-0.1, -0.05) is 12.1 Å². The highest BCUT2D eigenvalue weighted by molar-refractivity contribution is 7.93. The standard InChI is InChI=1S/C12H15N3O3S/c16-19(17,9-5-7-18-8-6-9)15-12-13-10-3-1-2-4-11(10)14-12/h1-4,9H,5-8H2,(H2,13,14,15). The van der Waals surface area contributed by atoms with Crippen molar-refractivity contribution in [3.8, 4) is 0 Å². The number of nitrogens with one attached hydrogen (secondary N) is 2. The number of imidazole rings is 1. The Morgan fingerprint density at radius 2 is 2.00 bits per heavy atom. The number of ether oxygens (including phenoxy) is 1. The van der Waals surface area contributed by atoms with Gasteiger partial charge in [0.2, 0.25) is 16.0 Å². The summed E-state index contributed by atoms with van der Waals surface area (Å²) >= 11 is 0. The number of benzene rings is 1. The molecule has 0 aliphatic carbocycles. The number of para-hydroxylation sites is 2. The van der Waals surface area contributed by atoms with E-state index in [2.05, 4.69) is 14.7 Å². The molecule has 2 heterocycles. The number of hydrogen-bond acceptors (Lipinski definition) is 4. The molecule has 1 saturated heterocycles. The van der Waals surface area contributed by atoms with Gasteiger partial charge >= 0.3 is 0 Å². The SMILES string of the molecule is O=S(=O)(Nc1nc2ccccc2[nH]1)C1CCOCC1. The molecule has 0 atom stereocenters. The molecule has 0 bridgehead atoms. The topological polar surface area (TPSA) is 84.1 Å². The van der Waals surface area contributed by atoms with Crippen molar-refractivity contribution in [1.29, 1.82) is 0 Å². The maximum absolute atomic E-state index is 12.2. The van der Waals surface area contributed by atoms with Crippen LogP contribution >= 0.6 is 0 Å². The minimum absolute atomic E-state index is 0.271. The van der Waals surface area contributed by atoms with Crippen LogP contribution in [0.1, 0.15) is 12.8 Å². The van der Waals surface area contributed by atoms with Gasteiger partial charge in [-0.3, -0.25) is 4.72 Å². The molecule has 1 aromatic heterocycles. The maximum Gasteiger partial charge on any atom is 0.238 e. The van der Waals surface area contributed by atoms with Crippen molar-refractivity contribution in [3.05, 3.63) is 24.3 Å². The van der Waals surface area contributed by atoms with Gasteiger partial charge in [0.05, 0.1) is 16.3 Å². The summed E-state index contributed by atoms with van der Waals surface area (Å²) in [6.45, 7) is 0.984. The molecule has 3 rings (SSSR count). The molecule has 1 fully saturated rings. The predicted octanol–water partition coefficient (Wildman–Crippen LogP) is 1.48. The molecule has 2 N–H and O–H groups in total. The van der Waals surface area contributed by atoms with Crippen LogP contribution in [0.4, 0.5) is 5.95 Å². The molecular weight excluding hydrogens is 266 g/mol. The number of anilines is 1. The van der Waals surface area contributed by atoms with E-state index in [1.807, 2.05) is 24.3 Å². The van der Waals surface area contributed by atoms with Crippen LogP contribution in [-0.2, 0) is 14.8 Å². The first kappa shape index (κ1) is 12.4. The number of fused-ring (bicyclic) bond motifs is 1. The number of sulfonamides is 1. The summed E-state index contributed by atoms with van der Waals surface area (Å²) in [7, 11) is -3.41. The van der Waals surface area contributed by atoms with Crippen LogP contribution in [0.15, 0.2) is 24.3 Å². The monoisotopic (exact) mass is 281 g/mol. The first-order valence-electron chi connectivity index (χ1n) is 6.19. The van der Waals surface area contributed by atoms with Crippen molar-refractivity contribution in [2.45, 2.75) is 18.1 Å². The molecule has 1 aliphatic rings. The van der Waals surface area contributed by atoms with Gasteiger partial charge in [-0.05, 0) is 25.0 Å². The summed E-state index contributed by atoms with van der Waals surface area (Å²) in [6, 6.07) is 7.42. The third-order valence-corrected chi connectivity index (χ3v) is 5.06. The average Bonchev–Trinajstić information content (AvgIpc) is 2.81. The molecule has 1 aliphatic heterocycles. The zero-order chi connectivity index (χ0) is 13.3. The van der Waals surface area contributed by atoms with Gasteiger partial charge in [0.15, 0.2) is 0 Å². The fourth-order valence-corrected chi connectivity index (χ4v) is 3.55. The van der Waals surface area contributed by atoms with Gasteiger partial charge in [-0.2, -0.15) is 0 Å². The molecule has 102 valence electrons. The van der Waals surface area contributed by atoms with Crippen molar-refractivity contribution >= 4 is 27.0 Å². The number of nitrogens with zero attached hydrogens (tertiary/aromatic N) is 1. The van der Waals surface area contributed by atoms with Crippen molar-refractivity contribution in [1.82, 2.24) is 9.97 Å². The summed E-state index contributed by atoms with van der Waals surface area (Å²) in [5, 5.41) is -0.408. The van der Waals surface area contributed by atoms with E-state index in [-0.39, 0.29) is 5.95 Å². The van der Waals surface area contributed by atoms with Crippen molar-refractivity contribution < 1.29 is 13.2 Å². The van der Waals surface area contributed by atoms with Gasteiger partial charge in [-0.15, -0.1) is 0 Å². The van der Waals surface area contributed by atoms with Gasteiger partial charge in [0.1, 0.15) is 0 Å². The van der Waals surface area contributed by atoms with E-state index in [1.165, 1.54) is 0 Å². The summed E-state index contributed by atoms with van der Waals surface area (Å²) in [5.74, 6) is 0.271. The summed E-state index contributed by atoms with van der Waals surface area (Å²) in [6.07, 6.45) is 1.05. The Balaban J connectivity index is 1.83. The van der Waals surface area contributed by atoms with Gasteiger partial charge < -0.3 is 9.72 Å². The van der Waals surface area contributed by atoms with Gasteiger partial charge in [0, 0.05) is 13.2 Å². The Labute approximate surface area is 111 Å². The van der Waals surface area contributed by atoms with E-state index in [0.717, 1.165) is 11.0 Å². The Morgan fingerprint density at radius 1 is 1.26 bits per heavy atom. The lowest BCUT2D eigenvalue weighted by atomic mass is 10.2. The highest BCUT2D eigenvalue weighted by atomic mass is 32.2. The van der Waals surface area contributed by atoms with E-state index in [1.54, 1.807) is 0 Å². The Hall–Kier alpha value is -1.60. The minimum Gasteiger partial charge on any atom is -0.381 e. The second kappa shape index (κ2) is 4.82. The normalized spacial score (nSPS) is 17.7. The van der Waals surface area contributed by atoms with Crippen LogP contribution in [0.5, 0.6) is 0 Å². The largest absolute Gasteiger partial charge is 0.381 e. The van der Waals surface area contributed by atoms with E-state index in [0.29, 0.717) is 26.1 Å². The molecule has 7 heteroatoms. The highest BCUT2D eigenvalue weighted by Gasteiger charge is 2.28. The summed E-state index contributed by atoms with van der Waals surface area (Å²) in [5.41, 5.74) is 1.55. The number of hydrogen-bond donors (Lipinski definition) is 2. The van der Waals surface area contributed by atoms with Crippen molar-refractivity contribution in [2.24, 2.45) is 0 Å². The summed E-state index contributed by atoms with van der Waals surface area (Å²) < 4.78 is 32.1. The first-order chi connectivity index (χ1) is 9.15. The molecular formula is C12H15N3O3S. The maximum atomic E-state index is 12.2. The molecule has 0 saturated carbocycles. The number of rotatable bonds is 3. The minimum atomic E-state index is -3.41. The van der Waals surface area contributed by atoms with Crippen LogP contribution in [0.2, 0.25) is 0 Å². The van der Waals surface area contributed by atoms with Gasteiger partial charge in [-0.25, -0.2) is 13.4 Å². The predicted molar refractivity (Wildman–Crippen MR) is 72.5 cm³/mol. The second-order valence-electron chi connectivity index (χ2n) is 4.56. The Bertz CT molecular complexity index is 641. The van der Waals surface area contributed by atoms with E-state index in [4.69, 9.17) is 4.74 Å². The quantitative estimate of drug-likeness (QED) is 0.892. The van der Waals surface area contributed by atoms with Crippen LogP contribution < -0.4 is 4.72 Å². The number of H-pyrrole nitrogens is 1. The van der Waals surface area contributed by atoms with Crippen molar-refractivity contribution in [3.63, 3.8) is 0 Å². The highest BCUT2D eigenvalue weighted by Crippen LogP contribution is 2.19. The van der Waals surface area contributed by atoms with Crippen LogP contribution in [0.25, 0.3) is 11.0 Å². The molecule has 2 aromatic rings. The molecule has 1 aromatic carbocycles. The fraction of sp³-hybridized carbons (Fsp3) is 0.417. The smallest absolute Gasteiger partial charge is 0.238 e. The van der Waals surface area contributed by atoms with E-state index < -0.39 is 15.3 Å². The lowest BCUT2D eigenvalue weighted by molar-refractivity contribution is 0.0984. The number of aromatic amines is 1.